The van der Waals surface area contributed by atoms with Crippen LogP contribution in [0.5, 0.6) is 0 Å². The molecule has 0 aliphatic carbocycles. The summed E-state index contributed by atoms with van der Waals surface area (Å²) in [5.41, 5.74) is 2.04. The molecule has 1 aromatic carbocycles. The number of amides is 2. The van der Waals surface area contributed by atoms with Gasteiger partial charge in [-0.1, -0.05) is 17.7 Å². The third-order valence-electron chi connectivity index (χ3n) is 4.27. The van der Waals surface area contributed by atoms with Gasteiger partial charge in [0.05, 0.1) is 5.92 Å². The molecule has 0 aromatic heterocycles. The molecule has 1 atom stereocenters. The van der Waals surface area contributed by atoms with Crippen LogP contribution in [0.3, 0.4) is 0 Å². The van der Waals surface area contributed by atoms with E-state index in [0.717, 1.165) is 24.3 Å². The second-order valence-corrected chi connectivity index (χ2v) is 6.01. The van der Waals surface area contributed by atoms with Crippen LogP contribution in [0.4, 0.5) is 5.69 Å². The quantitative estimate of drug-likeness (QED) is 0.872. The van der Waals surface area contributed by atoms with Gasteiger partial charge in [0, 0.05) is 44.2 Å². The van der Waals surface area contributed by atoms with Crippen molar-refractivity contribution in [3.63, 3.8) is 0 Å². The van der Waals surface area contributed by atoms with Crippen molar-refractivity contribution in [2.24, 2.45) is 11.8 Å². The lowest BCUT2D eigenvalue weighted by Gasteiger charge is -2.27. The van der Waals surface area contributed by atoms with Crippen LogP contribution in [0, 0.1) is 18.8 Å². The number of hydrogen-bond donors (Lipinski definition) is 2. The highest BCUT2D eigenvalue weighted by Gasteiger charge is 2.35. The van der Waals surface area contributed by atoms with Crippen molar-refractivity contribution in [3.8, 4) is 0 Å². The number of hydrogen-bond acceptors (Lipinski definition) is 3. The number of nitrogens with zero attached hydrogens (tertiary/aromatic N) is 1. The van der Waals surface area contributed by atoms with E-state index in [1.54, 1.807) is 4.90 Å². The molecule has 6 heteroatoms. The van der Waals surface area contributed by atoms with E-state index in [1.165, 1.54) is 0 Å². The van der Waals surface area contributed by atoms with Gasteiger partial charge in [-0.25, -0.2) is 0 Å². The number of aryl methyl sites for hydroxylation is 1. The third kappa shape index (κ3) is 3.59. The van der Waals surface area contributed by atoms with Gasteiger partial charge in [0.25, 0.3) is 0 Å². The molecule has 2 heterocycles. The van der Waals surface area contributed by atoms with Gasteiger partial charge in [0.15, 0.2) is 0 Å². The maximum absolute atomic E-state index is 12.2. The van der Waals surface area contributed by atoms with Crippen molar-refractivity contribution >= 4 is 29.9 Å². The summed E-state index contributed by atoms with van der Waals surface area (Å²) >= 11 is 0. The summed E-state index contributed by atoms with van der Waals surface area (Å²) in [5, 5.41) is 6.15. The Morgan fingerprint density at radius 3 is 2.59 bits per heavy atom. The summed E-state index contributed by atoms with van der Waals surface area (Å²) in [6.45, 7) is 5.15. The lowest BCUT2D eigenvalue weighted by Crippen LogP contribution is -2.49. The lowest BCUT2D eigenvalue weighted by atomic mass is 10.0. The Morgan fingerprint density at radius 2 is 2.00 bits per heavy atom. The normalized spacial score (nSPS) is 21.2. The largest absolute Gasteiger partial charge is 0.355 e. The van der Waals surface area contributed by atoms with E-state index in [4.69, 9.17) is 0 Å². The molecule has 0 bridgehead atoms. The monoisotopic (exact) mass is 323 g/mol. The minimum atomic E-state index is -0.230. The summed E-state index contributed by atoms with van der Waals surface area (Å²) in [5.74, 6) is 0.347. The molecule has 2 saturated heterocycles. The van der Waals surface area contributed by atoms with E-state index in [2.05, 4.69) is 10.6 Å². The molecule has 0 saturated carbocycles. The Bertz CT molecular complexity index is 543. The Balaban J connectivity index is 0.00000176. The number of carbonyl (C=O) groups is 2. The summed E-state index contributed by atoms with van der Waals surface area (Å²) in [6.07, 6.45) is 0.308. The molecule has 5 nitrogen and oxygen atoms in total. The van der Waals surface area contributed by atoms with Gasteiger partial charge < -0.3 is 15.5 Å². The van der Waals surface area contributed by atoms with Crippen molar-refractivity contribution in [1.82, 2.24) is 10.6 Å². The number of nitrogens with one attached hydrogen (secondary N) is 2. The minimum Gasteiger partial charge on any atom is -0.355 e. The van der Waals surface area contributed by atoms with Gasteiger partial charge in [-0.3, -0.25) is 9.59 Å². The van der Waals surface area contributed by atoms with E-state index in [-0.39, 0.29) is 30.1 Å². The zero-order valence-corrected chi connectivity index (χ0v) is 13.5. The SMILES string of the molecule is Cc1ccc(N2CC(C(=O)NCC3CNC3)CC2=O)cc1.Cl. The molecule has 2 amide bonds. The fourth-order valence-corrected chi connectivity index (χ4v) is 2.74. The van der Waals surface area contributed by atoms with Gasteiger partial charge in [-0.15, -0.1) is 12.4 Å². The number of rotatable bonds is 4. The second kappa shape index (κ2) is 7.11. The Labute approximate surface area is 136 Å². The highest BCUT2D eigenvalue weighted by atomic mass is 35.5. The fourth-order valence-electron chi connectivity index (χ4n) is 2.74. The van der Waals surface area contributed by atoms with Crippen molar-refractivity contribution in [2.75, 3.05) is 31.1 Å². The topological polar surface area (TPSA) is 61.4 Å². The smallest absolute Gasteiger partial charge is 0.227 e. The molecule has 1 unspecified atom stereocenters. The van der Waals surface area contributed by atoms with Crippen molar-refractivity contribution in [2.45, 2.75) is 13.3 Å². The zero-order chi connectivity index (χ0) is 14.8. The molecule has 120 valence electrons. The van der Waals surface area contributed by atoms with Gasteiger partial charge in [0.2, 0.25) is 11.8 Å². The number of carbonyl (C=O) groups excluding carboxylic acids is 2. The van der Waals surface area contributed by atoms with Gasteiger partial charge in [-0.2, -0.15) is 0 Å². The van der Waals surface area contributed by atoms with E-state index >= 15 is 0 Å². The van der Waals surface area contributed by atoms with Crippen LogP contribution in [-0.2, 0) is 9.59 Å². The van der Waals surface area contributed by atoms with Crippen molar-refractivity contribution < 1.29 is 9.59 Å². The van der Waals surface area contributed by atoms with Gasteiger partial charge >= 0.3 is 0 Å². The molecule has 2 aliphatic rings. The lowest BCUT2D eigenvalue weighted by molar-refractivity contribution is -0.126. The first-order valence-electron chi connectivity index (χ1n) is 7.49. The number of halogens is 1. The summed E-state index contributed by atoms with van der Waals surface area (Å²) in [7, 11) is 0. The minimum absolute atomic E-state index is 0. The average Bonchev–Trinajstić information content (AvgIpc) is 2.80. The number of anilines is 1. The maximum atomic E-state index is 12.2. The first-order valence-corrected chi connectivity index (χ1v) is 7.49. The number of benzene rings is 1. The molecule has 3 rings (SSSR count). The Morgan fingerprint density at radius 1 is 1.32 bits per heavy atom. The Kier molecular flexibility index (Phi) is 5.42. The highest BCUT2D eigenvalue weighted by molar-refractivity contribution is 6.00. The molecular formula is C16H22ClN3O2. The van der Waals surface area contributed by atoms with E-state index in [0.29, 0.717) is 25.4 Å². The maximum Gasteiger partial charge on any atom is 0.227 e. The van der Waals surface area contributed by atoms with Crippen LogP contribution in [0.25, 0.3) is 0 Å². The van der Waals surface area contributed by atoms with E-state index in [9.17, 15) is 9.59 Å². The summed E-state index contributed by atoms with van der Waals surface area (Å²) in [4.78, 5) is 26.0. The molecular weight excluding hydrogens is 302 g/mol. The molecule has 1 aromatic rings. The van der Waals surface area contributed by atoms with E-state index < -0.39 is 0 Å². The second-order valence-electron chi connectivity index (χ2n) is 6.01. The highest BCUT2D eigenvalue weighted by Crippen LogP contribution is 2.25. The van der Waals surface area contributed by atoms with E-state index in [1.807, 2.05) is 31.2 Å². The standard InChI is InChI=1S/C16H21N3O2.ClH/c1-11-2-4-14(5-3-11)19-10-13(6-15(19)20)16(21)18-9-12-7-17-8-12;/h2-5,12-13,17H,6-10H2,1H3,(H,18,21);1H. The van der Waals surface area contributed by atoms with Crippen LogP contribution in [0.15, 0.2) is 24.3 Å². The molecule has 2 aliphatic heterocycles. The fraction of sp³-hybridized carbons (Fsp3) is 0.500. The summed E-state index contributed by atoms with van der Waals surface area (Å²) in [6, 6.07) is 7.85. The van der Waals surface area contributed by atoms with Crippen LogP contribution >= 0.6 is 12.4 Å². The van der Waals surface area contributed by atoms with Crippen LogP contribution in [0.1, 0.15) is 12.0 Å². The van der Waals surface area contributed by atoms with Crippen LogP contribution < -0.4 is 15.5 Å². The Hall–Kier alpha value is -1.59. The molecule has 0 radical (unpaired) electrons. The average molecular weight is 324 g/mol. The van der Waals surface area contributed by atoms with Crippen LogP contribution in [-0.4, -0.2) is 38.0 Å². The zero-order valence-electron chi connectivity index (χ0n) is 12.7. The van der Waals surface area contributed by atoms with Crippen molar-refractivity contribution in [3.05, 3.63) is 29.8 Å². The molecule has 22 heavy (non-hydrogen) atoms. The van der Waals surface area contributed by atoms with Crippen molar-refractivity contribution in [1.29, 1.82) is 0 Å². The predicted octanol–water partition coefficient (Wildman–Crippen LogP) is 1.11. The van der Waals surface area contributed by atoms with Gasteiger partial charge in [0.1, 0.15) is 0 Å². The predicted molar refractivity (Wildman–Crippen MR) is 88.3 cm³/mol. The molecule has 0 spiro atoms. The van der Waals surface area contributed by atoms with Crippen LogP contribution in [0.2, 0.25) is 0 Å². The summed E-state index contributed by atoms with van der Waals surface area (Å²) < 4.78 is 0. The van der Waals surface area contributed by atoms with Gasteiger partial charge in [-0.05, 0) is 19.1 Å². The first kappa shape index (κ1) is 16.8. The molecule has 2 N–H and O–H groups in total. The third-order valence-corrected chi connectivity index (χ3v) is 4.27. The first-order chi connectivity index (χ1) is 10.1. The molecule has 2 fully saturated rings.